The van der Waals surface area contributed by atoms with Crippen LogP contribution in [0.1, 0.15) is 59.8 Å². The number of amides is 1. The van der Waals surface area contributed by atoms with Crippen molar-refractivity contribution < 1.29 is 29.0 Å². The van der Waals surface area contributed by atoms with Gasteiger partial charge in [-0.25, -0.2) is 4.79 Å². The van der Waals surface area contributed by atoms with Crippen LogP contribution in [0.4, 0.5) is 4.79 Å². The number of nitrogens with one attached hydrogen (secondary N) is 1. The molecule has 9 heteroatoms. The maximum atomic E-state index is 12.0. The molecule has 0 aliphatic heterocycles. The number of hydrogen-bond donors (Lipinski definition) is 2. The van der Waals surface area contributed by atoms with Gasteiger partial charge in [0.25, 0.3) is 0 Å². The summed E-state index contributed by atoms with van der Waals surface area (Å²) in [5.41, 5.74) is -0.911. The van der Waals surface area contributed by atoms with E-state index in [0.717, 1.165) is 12.2 Å². The topological polar surface area (TPSA) is 110 Å². The Balaban J connectivity index is 3.94. The third kappa shape index (κ3) is 14.0. The average Bonchev–Trinajstić information content (AvgIpc) is 2.60. The van der Waals surface area contributed by atoms with Crippen molar-refractivity contribution in [2.45, 2.75) is 65.9 Å². The van der Waals surface area contributed by atoms with Crippen LogP contribution < -0.4 is 5.32 Å². The lowest BCUT2D eigenvalue weighted by Gasteiger charge is -2.28. The smallest absolute Gasteiger partial charge is 0.407 e. The van der Waals surface area contributed by atoms with Gasteiger partial charge in [-0.15, -0.1) is 0 Å². The van der Waals surface area contributed by atoms with Crippen LogP contribution in [-0.4, -0.2) is 59.3 Å². The third-order valence-corrected chi connectivity index (χ3v) is 6.36. The molecule has 0 fully saturated rings. The Kier molecular flexibility index (Phi) is 14.3. The number of Topliss-reactive ketones (excluding diaryl/α,β-unsaturated/α-hetero) is 3. The summed E-state index contributed by atoms with van der Waals surface area (Å²) < 4.78 is 5.12. The predicted molar refractivity (Wildman–Crippen MR) is 114 cm³/mol. The Morgan fingerprint density at radius 1 is 0.964 bits per heavy atom. The molecule has 0 saturated heterocycles. The monoisotopic (exact) mass is 435 g/mol. The van der Waals surface area contributed by atoms with E-state index in [1.54, 1.807) is 42.4 Å². The van der Waals surface area contributed by atoms with Crippen LogP contribution in [0.25, 0.3) is 0 Å². The molecule has 28 heavy (non-hydrogen) atoms. The molecule has 0 heterocycles. The molecule has 0 aliphatic carbocycles. The fourth-order valence-electron chi connectivity index (χ4n) is 2.16. The van der Waals surface area contributed by atoms with Crippen molar-refractivity contribution >= 4 is 45.0 Å². The largest absolute Gasteiger partial charge is 0.449 e. The molecule has 0 aromatic rings. The number of hydrogen-bond acceptors (Lipinski definition) is 8. The lowest BCUT2D eigenvalue weighted by molar-refractivity contribution is -0.135. The highest BCUT2D eigenvalue weighted by atomic mass is 33.1. The maximum Gasteiger partial charge on any atom is 0.407 e. The molecule has 1 amide bonds. The molecule has 1 atom stereocenters. The molecule has 2 N–H and O–H groups in total. The van der Waals surface area contributed by atoms with E-state index in [2.05, 4.69) is 5.32 Å². The van der Waals surface area contributed by atoms with Gasteiger partial charge in [-0.1, -0.05) is 35.4 Å². The van der Waals surface area contributed by atoms with Gasteiger partial charge in [-0.2, -0.15) is 0 Å². The molecule has 0 bridgehead atoms. The maximum absolute atomic E-state index is 12.0. The summed E-state index contributed by atoms with van der Waals surface area (Å²) in [7, 11) is 3.28. The van der Waals surface area contributed by atoms with Gasteiger partial charge in [-0.3, -0.25) is 4.79 Å². The van der Waals surface area contributed by atoms with E-state index in [9.17, 15) is 24.3 Å². The Labute approximate surface area is 175 Å². The van der Waals surface area contributed by atoms with Crippen molar-refractivity contribution in [3.63, 3.8) is 0 Å². The third-order valence-electron chi connectivity index (χ3n) is 3.87. The summed E-state index contributed by atoms with van der Waals surface area (Å²) in [5, 5.41) is 12.8. The standard InChI is InChI=1S/C19H33NO6S2/c1-14(21)7-5-9-16(23)17(24)19(3,4)13-26-18(25)20-10-12-28-27-11-6-8-15(2)22/h17,24H,5-13H2,1-4H3,(H,20,25)/t17-/m0/s1. The highest BCUT2D eigenvalue weighted by Gasteiger charge is 2.34. The molecule has 162 valence electrons. The fourth-order valence-corrected chi connectivity index (χ4v) is 4.15. The zero-order valence-corrected chi connectivity index (χ0v) is 18.9. The number of aliphatic hydroxyl groups is 1. The number of rotatable bonds is 16. The Hall–Kier alpha value is -1.06. The van der Waals surface area contributed by atoms with Crippen LogP contribution in [0.3, 0.4) is 0 Å². The first-order chi connectivity index (χ1) is 13.1. The highest BCUT2D eigenvalue weighted by Crippen LogP contribution is 2.24. The summed E-state index contributed by atoms with van der Waals surface area (Å²) >= 11 is 0. The van der Waals surface area contributed by atoms with Gasteiger partial charge in [0.05, 0.1) is 0 Å². The van der Waals surface area contributed by atoms with Crippen LogP contribution in [0, 0.1) is 5.41 Å². The second-order valence-electron chi connectivity index (χ2n) is 7.37. The summed E-state index contributed by atoms with van der Waals surface area (Å²) in [4.78, 5) is 45.5. The number of carbonyl (C=O) groups is 4. The minimum atomic E-state index is -1.26. The van der Waals surface area contributed by atoms with E-state index in [-0.39, 0.29) is 30.4 Å². The second kappa shape index (κ2) is 14.9. The van der Waals surface area contributed by atoms with Crippen molar-refractivity contribution in [2.75, 3.05) is 24.7 Å². The molecular weight excluding hydrogens is 402 g/mol. The molecule has 7 nitrogen and oxygen atoms in total. The van der Waals surface area contributed by atoms with Gasteiger partial charge in [0.1, 0.15) is 24.3 Å². The zero-order chi connectivity index (χ0) is 21.6. The highest BCUT2D eigenvalue weighted by molar-refractivity contribution is 8.76. The first-order valence-electron chi connectivity index (χ1n) is 9.41. The van der Waals surface area contributed by atoms with E-state index in [1.165, 1.54) is 6.92 Å². The fraction of sp³-hybridized carbons (Fsp3) is 0.789. The van der Waals surface area contributed by atoms with Gasteiger partial charge in [-0.05, 0) is 26.7 Å². The molecule has 0 aliphatic rings. The van der Waals surface area contributed by atoms with E-state index in [0.29, 0.717) is 31.6 Å². The molecular formula is C19H33NO6S2. The molecule has 0 saturated carbocycles. The van der Waals surface area contributed by atoms with Gasteiger partial charge in [0, 0.05) is 42.7 Å². The molecule has 0 rings (SSSR count). The Morgan fingerprint density at radius 2 is 1.54 bits per heavy atom. The van der Waals surface area contributed by atoms with Gasteiger partial charge in [0.15, 0.2) is 5.78 Å². The van der Waals surface area contributed by atoms with Gasteiger partial charge >= 0.3 is 6.09 Å². The lowest BCUT2D eigenvalue weighted by Crippen LogP contribution is -2.41. The first-order valence-corrected chi connectivity index (χ1v) is 11.9. The van der Waals surface area contributed by atoms with Gasteiger partial charge < -0.3 is 24.7 Å². The van der Waals surface area contributed by atoms with Crippen LogP contribution in [0.15, 0.2) is 0 Å². The number of alkyl carbamates (subject to hydrolysis) is 1. The average molecular weight is 436 g/mol. The van der Waals surface area contributed by atoms with Crippen LogP contribution in [0.5, 0.6) is 0 Å². The van der Waals surface area contributed by atoms with Crippen LogP contribution >= 0.6 is 21.6 Å². The zero-order valence-electron chi connectivity index (χ0n) is 17.2. The lowest BCUT2D eigenvalue weighted by atomic mass is 9.84. The summed E-state index contributed by atoms with van der Waals surface area (Å²) in [5.74, 6) is 1.45. The quantitative estimate of drug-likeness (QED) is 0.281. The van der Waals surface area contributed by atoms with Crippen molar-refractivity contribution in [2.24, 2.45) is 5.41 Å². The molecule has 0 spiro atoms. The van der Waals surface area contributed by atoms with E-state index >= 15 is 0 Å². The second-order valence-corrected chi connectivity index (χ2v) is 10.1. The molecule has 0 radical (unpaired) electrons. The predicted octanol–water partition coefficient (Wildman–Crippen LogP) is 3.18. The number of ketones is 3. The molecule has 0 unspecified atom stereocenters. The van der Waals surface area contributed by atoms with Crippen molar-refractivity contribution in [3.8, 4) is 0 Å². The normalized spacial score (nSPS) is 12.3. The summed E-state index contributed by atoms with van der Waals surface area (Å²) in [6, 6.07) is 0. The SMILES string of the molecule is CC(=O)CCCSSCCNC(=O)OCC(C)(C)[C@@H](O)C(=O)CCCC(C)=O. The number of aliphatic hydroxyl groups excluding tert-OH is 1. The Morgan fingerprint density at radius 3 is 2.14 bits per heavy atom. The minimum absolute atomic E-state index is 0.00850. The van der Waals surface area contributed by atoms with Crippen molar-refractivity contribution in [1.82, 2.24) is 5.32 Å². The van der Waals surface area contributed by atoms with E-state index < -0.39 is 17.6 Å². The van der Waals surface area contributed by atoms with Crippen molar-refractivity contribution in [1.29, 1.82) is 0 Å². The number of ether oxygens (including phenoxy) is 1. The van der Waals surface area contributed by atoms with E-state index in [1.807, 2.05) is 0 Å². The first kappa shape index (κ1) is 26.9. The van der Waals surface area contributed by atoms with Crippen LogP contribution in [0.2, 0.25) is 0 Å². The summed E-state index contributed by atoms with van der Waals surface area (Å²) in [6.45, 7) is 6.70. The molecule has 0 aromatic heterocycles. The minimum Gasteiger partial charge on any atom is -0.449 e. The summed E-state index contributed by atoms with van der Waals surface area (Å²) in [6.07, 6.45) is 0.447. The van der Waals surface area contributed by atoms with E-state index in [4.69, 9.17) is 4.74 Å². The van der Waals surface area contributed by atoms with Crippen molar-refractivity contribution in [3.05, 3.63) is 0 Å². The Bertz CT molecular complexity index is 525. The van der Waals surface area contributed by atoms with Crippen LogP contribution in [-0.2, 0) is 19.1 Å². The number of carbonyl (C=O) groups excluding carboxylic acids is 4. The molecule has 0 aromatic carbocycles. The van der Waals surface area contributed by atoms with Gasteiger partial charge in [0.2, 0.25) is 0 Å².